The Morgan fingerprint density at radius 3 is 2.90 bits per heavy atom. The van der Waals surface area contributed by atoms with Crippen LogP contribution in [-0.2, 0) is 11.3 Å². The van der Waals surface area contributed by atoms with Gasteiger partial charge in [0, 0.05) is 17.5 Å². The smallest absolute Gasteiger partial charge is 0.129 e. The molecule has 5 nitrogen and oxygen atoms in total. The molecule has 2 rings (SSSR count). The van der Waals surface area contributed by atoms with Crippen LogP contribution in [0.5, 0.6) is 0 Å². The lowest BCUT2D eigenvalue weighted by Gasteiger charge is -2.16. The summed E-state index contributed by atoms with van der Waals surface area (Å²) in [6.07, 6.45) is 1.06. The number of rotatable bonds is 8. The van der Waals surface area contributed by atoms with Crippen molar-refractivity contribution in [1.29, 1.82) is 0 Å². The monoisotopic (exact) mass is 310 g/mol. The Bertz CT molecular complexity index is 539. The van der Waals surface area contributed by atoms with E-state index >= 15 is 0 Å². The van der Waals surface area contributed by atoms with Gasteiger partial charge in [-0.1, -0.05) is 0 Å². The molecule has 0 saturated carbocycles. The van der Waals surface area contributed by atoms with Crippen LogP contribution < -0.4 is 5.32 Å². The van der Waals surface area contributed by atoms with Gasteiger partial charge in [0.05, 0.1) is 29.7 Å². The summed E-state index contributed by atoms with van der Waals surface area (Å²) in [5.41, 5.74) is 1.06. The van der Waals surface area contributed by atoms with Crippen LogP contribution in [0.1, 0.15) is 34.3 Å². The van der Waals surface area contributed by atoms with Crippen LogP contribution in [0.2, 0.25) is 0 Å². The zero-order valence-electron chi connectivity index (χ0n) is 12.6. The Kier molecular flexibility index (Phi) is 5.93. The molecule has 0 amide bonds. The number of thiazole rings is 1. The van der Waals surface area contributed by atoms with Gasteiger partial charge in [-0.3, -0.25) is 0 Å². The third-order valence-electron chi connectivity index (χ3n) is 3.13. The molecular weight excluding hydrogens is 288 g/mol. The first-order chi connectivity index (χ1) is 10.1. The van der Waals surface area contributed by atoms with Crippen LogP contribution in [0.15, 0.2) is 22.8 Å². The number of aliphatic hydroxyl groups excluding tert-OH is 1. The molecular formula is C15H22N2O3S. The van der Waals surface area contributed by atoms with E-state index in [0.717, 1.165) is 16.5 Å². The highest BCUT2D eigenvalue weighted by Crippen LogP contribution is 2.24. The van der Waals surface area contributed by atoms with Gasteiger partial charge < -0.3 is 19.6 Å². The third kappa shape index (κ3) is 4.93. The van der Waals surface area contributed by atoms with Crippen molar-refractivity contribution < 1.29 is 14.3 Å². The normalized spacial score (nSPS) is 14.3. The lowest BCUT2D eigenvalue weighted by atomic mass is 10.2. The molecule has 2 aromatic rings. The Morgan fingerprint density at radius 2 is 2.29 bits per heavy atom. The topological polar surface area (TPSA) is 67.5 Å². The summed E-state index contributed by atoms with van der Waals surface area (Å²) < 4.78 is 10.6. The summed E-state index contributed by atoms with van der Waals surface area (Å²) in [6.45, 7) is 7.24. The van der Waals surface area contributed by atoms with Crippen LogP contribution in [0.4, 0.5) is 0 Å². The van der Waals surface area contributed by atoms with E-state index in [4.69, 9.17) is 9.15 Å². The summed E-state index contributed by atoms with van der Waals surface area (Å²) in [5.74, 6) is 0.763. The van der Waals surface area contributed by atoms with Gasteiger partial charge in [-0.2, -0.15) is 0 Å². The number of aliphatic hydroxyl groups is 1. The minimum absolute atomic E-state index is 0.177. The summed E-state index contributed by atoms with van der Waals surface area (Å²) in [7, 11) is 0. The number of ether oxygens (including phenoxy) is 1. The quantitative estimate of drug-likeness (QED) is 0.784. The molecule has 6 heteroatoms. The predicted octanol–water partition coefficient (Wildman–Crippen LogP) is 2.58. The fourth-order valence-corrected chi connectivity index (χ4v) is 3.06. The molecule has 2 atom stereocenters. The lowest BCUT2D eigenvalue weighted by molar-refractivity contribution is 0.0217. The van der Waals surface area contributed by atoms with Gasteiger partial charge in [0.15, 0.2) is 0 Å². The van der Waals surface area contributed by atoms with Crippen molar-refractivity contribution in [3.8, 4) is 0 Å². The van der Waals surface area contributed by atoms with E-state index in [1.54, 1.807) is 17.6 Å². The summed E-state index contributed by atoms with van der Waals surface area (Å²) in [4.78, 5) is 5.64. The molecule has 0 aliphatic rings. The van der Waals surface area contributed by atoms with Crippen molar-refractivity contribution in [3.05, 3.63) is 39.7 Å². The van der Waals surface area contributed by atoms with Crippen molar-refractivity contribution in [2.75, 3.05) is 13.2 Å². The average molecular weight is 310 g/mol. The van der Waals surface area contributed by atoms with E-state index < -0.39 is 6.10 Å². The van der Waals surface area contributed by atoms with Crippen LogP contribution in [0.25, 0.3) is 0 Å². The van der Waals surface area contributed by atoms with E-state index in [-0.39, 0.29) is 12.6 Å². The molecule has 0 aliphatic carbocycles. The molecule has 2 unspecified atom stereocenters. The zero-order valence-corrected chi connectivity index (χ0v) is 13.4. The summed E-state index contributed by atoms with van der Waals surface area (Å²) in [5, 5.41) is 14.3. The summed E-state index contributed by atoms with van der Waals surface area (Å²) >= 11 is 1.69. The molecule has 0 saturated heterocycles. The van der Waals surface area contributed by atoms with Crippen molar-refractivity contribution in [2.24, 2.45) is 0 Å². The number of furan rings is 1. The first-order valence-electron chi connectivity index (χ1n) is 7.01. The van der Waals surface area contributed by atoms with Crippen molar-refractivity contribution >= 4 is 11.3 Å². The Balaban J connectivity index is 1.68. The Morgan fingerprint density at radius 1 is 1.48 bits per heavy atom. The van der Waals surface area contributed by atoms with E-state index in [1.807, 2.05) is 26.0 Å². The highest BCUT2D eigenvalue weighted by molar-refractivity contribution is 7.11. The molecule has 21 heavy (non-hydrogen) atoms. The summed E-state index contributed by atoms with van der Waals surface area (Å²) in [6, 6.07) is 3.84. The fourth-order valence-electron chi connectivity index (χ4n) is 2.10. The van der Waals surface area contributed by atoms with Gasteiger partial charge >= 0.3 is 0 Å². The first kappa shape index (κ1) is 16.2. The second-order valence-corrected chi connectivity index (χ2v) is 6.30. The van der Waals surface area contributed by atoms with E-state index in [1.165, 1.54) is 4.88 Å². The number of hydrogen-bond acceptors (Lipinski definition) is 6. The molecule has 0 aliphatic heterocycles. The number of aromatic nitrogens is 1. The number of nitrogens with one attached hydrogen (secondary N) is 1. The average Bonchev–Trinajstić information content (AvgIpc) is 3.06. The second kappa shape index (κ2) is 7.70. The highest BCUT2D eigenvalue weighted by Gasteiger charge is 2.14. The highest BCUT2D eigenvalue weighted by atomic mass is 32.1. The molecule has 0 fully saturated rings. The van der Waals surface area contributed by atoms with Crippen molar-refractivity contribution in [3.63, 3.8) is 0 Å². The maximum absolute atomic E-state index is 9.92. The van der Waals surface area contributed by atoms with E-state index in [2.05, 4.69) is 17.2 Å². The van der Waals surface area contributed by atoms with Gasteiger partial charge in [0.25, 0.3) is 0 Å². The van der Waals surface area contributed by atoms with Crippen LogP contribution in [0.3, 0.4) is 0 Å². The molecule has 0 aromatic carbocycles. The third-order valence-corrected chi connectivity index (χ3v) is 4.38. The molecule has 2 aromatic heterocycles. The largest absolute Gasteiger partial charge is 0.467 e. The minimum atomic E-state index is -0.545. The zero-order chi connectivity index (χ0) is 15.2. The van der Waals surface area contributed by atoms with Gasteiger partial charge in [-0.25, -0.2) is 4.98 Å². The SMILES string of the molecule is Cc1nc(C)c(C(C)NCC(O)COCc2ccco2)s1. The van der Waals surface area contributed by atoms with Crippen molar-refractivity contribution in [1.82, 2.24) is 10.3 Å². The molecule has 2 N–H and O–H groups in total. The van der Waals surface area contributed by atoms with Crippen molar-refractivity contribution in [2.45, 2.75) is 39.5 Å². The second-order valence-electron chi connectivity index (χ2n) is 5.06. The van der Waals surface area contributed by atoms with Crippen LogP contribution in [-0.4, -0.2) is 29.3 Å². The van der Waals surface area contributed by atoms with E-state index in [0.29, 0.717) is 13.2 Å². The molecule has 2 heterocycles. The maximum atomic E-state index is 9.92. The number of hydrogen-bond donors (Lipinski definition) is 2. The van der Waals surface area contributed by atoms with Gasteiger partial charge in [-0.05, 0) is 32.9 Å². The minimum Gasteiger partial charge on any atom is -0.467 e. The molecule has 116 valence electrons. The van der Waals surface area contributed by atoms with Gasteiger partial charge in [0.2, 0.25) is 0 Å². The Hall–Kier alpha value is -1.21. The van der Waals surface area contributed by atoms with E-state index in [9.17, 15) is 5.11 Å². The number of aryl methyl sites for hydroxylation is 2. The standard InChI is InChI=1S/C15H22N2O3S/c1-10(15-11(2)17-12(3)21-15)16-7-13(18)8-19-9-14-5-4-6-20-14/h4-6,10,13,16,18H,7-9H2,1-3H3. The van der Waals surface area contributed by atoms with Crippen LogP contribution in [0, 0.1) is 13.8 Å². The molecule has 0 spiro atoms. The van der Waals surface area contributed by atoms with Crippen LogP contribution >= 0.6 is 11.3 Å². The maximum Gasteiger partial charge on any atom is 0.129 e. The predicted molar refractivity (Wildman–Crippen MR) is 82.4 cm³/mol. The lowest BCUT2D eigenvalue weighted by Crippen LogP contribution is -2.32. The van der Waals surface area contributed by atoms with Gasteiger partial charge in [-0.15, -0.1) is 11.3 Å². The Labute approximate surface area is 129 Å². The molecule has 0 bridgehead atoms. The molecule has 0 radical (unpaired) electrons. The fraction of sp³-hybridized carbons (Fsp3) is 0.533. The first-order valence-corrected chi connectivity index (χ1v) is 7.83. The number of nitrogens with zero attached hydrogens (tertiary/aromatic N) is 1. The van der Waals surface area contributed by atoms with Gasteiger partial charge in [0.1, 0.15) is 12.4 Å².